The second-order valence-corrected chi connectivity index (χ2v) is 5.36. The zero-order valence-corrected chi connectivity index (χ0v) is 13.4. The molecule has 3 heteroatoms. The Balaban J connectivity index is 2.06. The number of nitrogens with zero attached hydrogens (tertiary/aromatic N) is 2. The Labute approximate surface area is 128 Å². The molecule has 0 fully saturated rings. The van der Waals surface area contributed by atoms with Crippen molar-refractivity contribution in [3.8, 4) is 0 Å². The van der Waals surface area contributed by atoms with Gasteiger partial charge in [-0.1, -0.05) is 29.8 Å². The molecule has 3 nitrogen and oxygen atoms in total. The van der Waals surface area contributed by atoms with Crippen LogP contribution in [0.5, 0.6) is 0 Å². The van der Waals surface area contributed by atoms with E-state index in [4.69, 9.17) is 0 Å². The van der Waals surface area contributed by atoms with Gasteiger partial charge in [0.25, 0.3) is 0 Å². The number of rotatable bonds is 6. The summed E-state index contributed by atoms with van der Waals surface area (Å²) < 4.78 is 0. The van der Waals surface area contributed by atoms with E-state index in [2.05, 4.69) is 79.3 Å². The highest BCUT2D eigenvalue weighted by atomic mass is 15.2. The number of anilines is 2. The summed E-state index contributed by atoms with van der Waals surface area (Å²) in [6.45, 7) is 10.6. The van der Waals surface area contributed by atoms with Crippen LogP contribution in [0.25, 0.3) is 0 Å². The average Bonchev–Trinajstić information content (AvgIpc) is 2.50. The summed E-state index contributed by atoms with van der Waals surface area (Å²) in [6.07, 6.45) is 1.92. The molecule has 0 aliphatic heterocycles. The second-order valence-electron chi connectivity index (χ2n) is 5.36. The van der Waals surface area contributed by atoms with Crippen LogP contribution in [0.4, 0.5) is 11.5 Å². The fourth-order valence-corrected chi connectivity index (χ4v) is 2.48. The van der Waals surface area contributed by atoms with Crippen molar-refractivity contribution in [2.75, 3.05) is 23.3 Å². The van der Waals surface area contributed by atoms with Crippen LogP contribution in [0.3, 0.4) is 0 Å². The van der Waals surface area contributed by atoms with Gasteiger partial charge >= 0.3 is 0 Å². The summed E-state index contributed by atoms with van der Waals surface area (Å²) in [4.78, 5) is 6.79. The quantitative estimate of drug-likeness (QED) is 0.851. The van der Waals surface area contributed by atoms with E-state index in [0.717, 1.165) is 24.6 Å². The van der Waals surface area contributed by atoms with Gasteiger partial charge in [0.15, 0.2) is 0 Å². The van der Waals surface area contributed by atoms with Crippen molar-refractivity contribution in [3.05, 3.63) is 53.7 Å². The summed E-state index contributed by atoms with van der Waals surface area (Å²) in [6, 6.07) is 13.1. The Kier molecular flexibility index (Phi) is 5.20. The molecule has 0 saturated carbocycles. The number of aryl methyl sites for hydroxylation is 1. The maximum absolute atomic E-state index is 4.55. The first-order valence-corrected chi connectivity index (χ1v) is 7.68. The van der Waals surface area contributed by atoms with Gasteiger partial charge in [0.2, 0.25) is 0 Å². The van der Waals surface area contributed by atoms with E-state index in [9.17, 15) is 0 Å². The van der Waals surface area contributed by atoms with Crippen molar-refractivity contribution in [1.82, 2.24) is 4.98 Å². The van der Waals surface area contributed by atoms with Crippen LogP contribution < -0.4 is 10.2 Å². The normalized spacial score (nSPS) is 12.0. The van der Waals surface area contributed by atoms with Crippen molar-refractivity contribution < 1.29 is 0 Å². The topological polar surface area (TPSA) is 28.2 Å². The van der Waals surface area contributed by atoms with Gasteiger partial charge in [-0.3, -0.25) is 0 Å². The number of nitrogens with one attached hydrogen (secondary N) is 1. The predicted molar refractivity (Wildman–Crippen MR) is 91.0 cm³/mol. The Morgan fingerprint density at radius 3 is 2.48 bits per heavy atom. The van der Waals surface area contributed by atoms with E-state index < -0.39 is 0 Å². The molecule has 0 aliphatic rings. The van der Waals surface area contributed by atoms with E-state index in [-0.39, 0.29) is 6.04 Å². The maximum atomic E-state index is 4.55. The number of benzene rings is 1. The zero-order chi connectivity index (χ0) is 15.2. The molecule has 0 saturated heterocycles. The van der Waals surface area contributed by atoms with Crippen LogP contribution in [0.2, 0.25) is 0 Å². The molecule has 21 heavy (non-hydrogen) atoms. The monoisotopic (exact) mass is 283 g/mol. The Morgan fingerprint density at radius 2 is 1.90 bits per heavy atom. The summed E-state index contributed by atoms with van der Waals surface area (Å²) in [5.74, 6) is 1.04. The average molecular weight is 283 g/mol. The Bertz CT molecular complexity index is 559. The lowest BCUT2D eigenvalue weighted by molar-refractivity contribution is 0.843. The smallest absolute Gasteiger partial charge is 0.128 e. The van der Waals surface area contributed by atoms with E-state index in [0.29, 0.717) is 0 Å². The molecule has 1 aromatic carbocycles. The van der Waals surface area contributed by atoms with E-state index >= 15 is 0 Å². The summed E-state index contributed by atoms with van der Waals surface area (Å²) >= 11 is 0. The van der Waals surface area contributed by atoms with Gasteiger partial charge in [-0.25, -0.2) is 4.98 Å². The van der Waals surface area contributed by atoms with Crippen molar-refractivity contribution in [3.63, 3.8) is 0 Å². The Hall–Kier alpha value is -2.03. The third kappa shape index (κ3) is 3.97. The number of aromatic nitrogens is 1. The molecule has 1 aromatic heterocycles. The van der Waals surface area contributed by atoms with Gasteiger partial charge in [0, 0.05) is 19.1 Å². The van der Waals surface area contributed by atoms with Crippen LogP contribution >= 0.6 is 0 Å². The first-order valence-electron chi connectivity index (χ1n) is 7.68. The van der Waals surface area contributed by atoms with Gasteiger partial charge in [0.1, 0.15) is 5.82 Å². The summed E-state index contributed by atoms with van der Waals surface area (Å²) in [5.41, 5.74) is 3.64. The van der Waals surface area contributed by atoms with Gasteiger partial charge in [0.05, 0.1) is 11.9 Å². The van der Waals surface area contributed by atoms with Crippen molar-refractivity contribution in [2.45, 2.75) is 33.7 Å². The SMILES string of the molecule is CCN(CC)c1ccc(NC(C)c2cccc(C)c2)cn1. The first kappa shape index (κ1) is 15.4. The second kappa shape index (κ2) is 7.11. The summed E-state index contributed by atoms with van der Waals surface area (Å²) in [5, 5.41) is 3.51. The van der Waals surface area contributed by atoms with Crippen molar-refractivity contribution in [2.24, 2.45) is 0 Å². The molecular weight excluding hydrogens is 258 g/mol. The number of hydrogen-bond donors (Lipinski definition) is 1. The van der Waals surface area contributed by atoms with Crippen molar-refractivity contribution in [1.29, 1.82) is 0 Å². The molecule has 1 heterocycles. The molecule has 0 radical (unpaired) electrons. The van der Waals surface area contributed by atoms with Crippen LogP contribution in [-0.4, -0.2) is 18.1 Å². The third-order valence-electron chi connectivity index (χ3n) is 3.76. The lowest BCUT2D eigenvalue weighted by Crippen LogP contribution is -2.22. The minimum atomic E-state index is 0.269. The molecule has 2 aromatic rings. The Morgan fingerprint density at radius 1 is 1.14 bits per heavy atom. The molecule has 1 unspecified atom stereocenters. The fourth-order valence-electron chi connectivity index (χ4n) is 2.48. The molecule has 1 N–H and O–H groups in total. The lowest BCUT2D eigenvalue weighted by Gasteiger charge is -2.21. The highest BCUT2D eigenvalue weighted by Crippen LogP contribution is 2.21. The highest BCUT2D eigenvalue weighted by Gasteiger charge is 2.07. The van der Waals surface area contributed by atoms with Gasteiger partial charge in [-0.15, -0.1) is 0 Å². The van der Waals surface area contributed by atoms with E-state index in [1.54, 1.807) is 0 Å². The van der Waals surface area contributed by atoms with E-state index in [1.807, 2.05) is 6.20 Å². The summed E-state index contributed by atoms with van der Waals surface area (Å²) in [7, 11) is 0. The largest absolute Gasteiger partial charge is 0.377 e. The first-order chi connectivity index (χ1) is 10.1. The fraction of sp³-hybridized carbons (Fsp3) is 0.389. The van der Waals surface area contributed by atoms with Gasteiger partial charge in [-0.2, -0.15) is 0 Å². The maximum Gasteiger partial charge on any atom is 0.128 e. The zero-order valence-electron chi connectivity index (χ0n) is 13.4. The molecule has 112 valence electrons. The minimum absolute atomic E-state index is 0.269. The van der Waals surface area contributed by atoms with Crippen LogP contribution in [-0.2, 0) is 0 Å². The van der Waals surface area contributed by atoms with Crippen LogP contribution in [0.15, 0.2) is 42.6 Å². The van der Waals surface area contributed by atoms with Crippen LogP contribution in [0, 0.1) is 6.92 Å². The standard InChI is InChI=1S/C18H25N3/c1-5-21(6-2)18-11-10-17(13-19-18)20-15(4)16-9-7-8-14(3)12-16/h7-13,15,20H,5-6H2,1-4H3. The number of pyridine rings is 1. The molecule has 0 bridgehead atoms. The molecule has 2 rings (SSSR count). The molecular formula is C18H25N3. The lowest BCUT2D eigenvalue weighted by atomic mass is 10.1. The highest BCUT2D eigenvalue weighted by molar-refractivity contribution is 5.49. The van der Waals surface area contributed by atoms with Crippen LogP contribution in [0.1, 0.15) is 37.9 Å². The molecule has 0 spiro atoms. The predicted octanol–water partition coefficient (Wildman–Crippen LogP) is 4.41. The minimum Gasteiger partial charge on any atom is -0.377 e. The van der Waals surface area contributed by atoms with Gasteiger partial charge < -0.3 is 10.2 Å². The third-order valence-corrected chi connectivity index (χ3v) is 3.76. The van der Waals surface area contributed by atoms with E-state index in [1.165, 1.54) is 11.1 Å². The number of hydrogen-bond acceptors (Lipinski definition) is 3. The van der Waals surface area contributed by atoms with Crippen molar-refractivity contribution >= 4 is 11.5 Å². The molecule has 0 amide bonds. The van der Waals surface area contributed by atoms with Gasteiger partial charge in [-0.05, 0) is 45.4 Å². The molecule has 0 aliphatic carbocycles. The molecule has 1 atom stereocenters.